The second-order valence-corrected chi connectivity index (χ2v) is 11.7. The molecule has 1 amide bonds. The summed E-state index contributed by atoms with van der Waals surface area (Å²) in [5.41, 5.74) is -2.20. The standard InChI is InChI=1S/C23H38N4O8S2/c1-10-22(8,34-19(30)16(6)33-9)15(5)18(29)35-23(11-2,12-3)14(4)13-24-37(31,32)21-27-26-20(36-21)25-17(7)28/h13-16H,10-12H2,1-9H3,(H,25,26,28)/b24-13+. The van der Waals surface area contributed by atoms with Crippen molar-refractivity contribution in [3.05, 3.63) is 0 Å². The van der Waals surface area contributed by atoms with Crippen LogP contribution >= 0.6 is 11.3 Å². The Hall–Kier alpha value is -2.45. The molecule has 14 heteroatoms. The second kappa shape index (κ2) is 13.4. The van der Waals surface area contributed by atoms with Gasteiger partial charge in [-0.25, -0.2) is 4.79 Å². The van der Waals surface area contributed by atoms with Gasteiger partial charge >= 0.3 is 22.0 Å². The van der Waals surface area contributed by atoms with Crippen LogP contribution in [0.5, 0.6) is 0 Å². The summed E-state index contributed by atoms with van der Waals surface area (Å²) in [5.74, 6) is -3.00. The van der Waals surface area contributed by atoms with Crippen LogP contribution in [-0.4, -0.2) is 67.1 Å². The van der Waals surface area contributed by atoms with Crippen molar-refractivity contribution in [3.63, 3.8) is 0 Å². The van der Waals surface area contributed by atoms with E-state index in [4.69, 9.17) is 14.2 Å². The van der Waals surface area contributed by atoms with Crippen LogP contribution in [0.3, 0.4) is 0 Å². The smallest absolute Gasteiger partial charge is 0.335 e. The minimum atomic E-state index is -4.19. The number of esters is 2. The predicted molar refractivity (Wildman–Crippen MR) is 139 cm³/mol. The third-order valence-electron chi connectivity index (χ3n) is 6.65. The van der Waals surface area contributed by atoms with Crippen molar-refractivity contribution in [3.8, 4) is 0 Å². The number of nitrogens with one attached hydrogen (secondary N) is 1. The number of ether oxygens (including phenoxy) is 3. The van der Waals surface area contributed by atoms with Gasteiger partial charge < -0.3 is 19.5 Å². The maximum atomic E-state index is 13.3. The van der Waals surface area contributed by atoms with Crippen molar-refractivity contribution in [2.24, 2.45) is 16.2 Å². The van der Waals surface area contributed by atoms with Gasteiger partial charge in [0.2, 0.25) is 11.0 Å². The zero-order valence-electron chi connectivity index (χ0n) is 22.9. The number of sulfonamides is 1. The summed E-state index contributed by atoms with van der Waals surface area (Å²) in [7, 11) is -2.80. The first kappa shape index (κ1) is 32.6. The third kappa shape index (κ3) is 8.27. The van der Waals surface area contributed by atoms with Crippen molar-refractivity contribution in [1.82, 2.24) is 10.2 Å². The van der Waals surface area contributed by atoms with Crippen molar-refractivity contribution >= 4 is 50.6 Å². The van der Waals surface area contributed by atoms with Crippen LogP contribution in [0.1, 0.15) is 74.7 Å². The molecule has 0 saturated heterocycles. The van der Waals surface area contributed by atoms with E-state index in [9.17, 15) is 22.8 Å². The van der Waals surface area contributed by atoms with Gasteiger partial charge in [0.1, 0.15) is 11.2 Å². The first-order valence-corrected chi connectivity index (χ1v) is 14.3. The first-order valence-electron chi connectivity index (χ1n) is 12.0. The van der Waals surface area contributed by atoms with Crippen LogP contribution in [0, 0.1) is 11.8 Å². The molecule has 12 nitrogen and oxygen atoms in total. The third-order valence-corrected chi connectivity index (χ3v) is 9.09. The zero-order valence-corrected chi connectivity index (χ0v) is 24.5. The van der Waals surface area contributed by atoms with E-state index in [2.05, 4.69) is 19.9 Å². The van der Waals surface area contributed by atoms with Gasteiger partial charge in [-0.15, -0.1) is 10.2 Å². The van der Waals surface area contributed by atoms with Crippen molar-refractivity contribution < 1.29 is 37.0 Å². The number of hydrogen-bond acceptors (Lipinski definition) is 11. The van der Waals surface area contributed by atoms with Crippen LogP contribution in [0.2, 0.25) is 0 Å². The summed E-state index contributed by atoms with van der Waals surface area (Å²) >= 11 is 0.675. The lowest BCUT2D eigenvalue weighted by molar-refractivity contribution is -0.189. The summed E-state index contributed by atoms with van der Waals surface area (Å²) in [5, 5.41) is 9.62. The molecule has 0 aromatic carbocycles. The number of hydrogen-bond donors (Lipinski definition) is 1. The van der Waals surface area contributed by atoms with E-state index in [1.807, 2.05) is 13.8 Å². The molecule has 0 spiro atoms. The van der Waals surface area contributed by atoms with Crippen LogP contribution in [0.4, 0.5) is 5.13 Å². The molecule has 0 aliphatic heterocycles. The molecule has 0 saturated carbocycles. The van der Waals surface area contributed by atoms with E-state index in [0.717, 1.165) is 0 Å². The minimum absolute atomic E-state index is 0.0354. The van der Waals surface area contributed by atoms with Gasteiger partial charge in [-0.3, -0.25) is 9.59 Å². The fraction of sp³-hybridized carbons (Fsp3) is 0.739. The molecule has 1 heterocycles. The van der Waals surface area contributed by atoms with E-state index in [1.165, 1.54) is 20.2 Å². The number of methoxy groups -OCH3 is 1. The van der Waals surface area contributed by atoms with Crippen LogP contribution < -0.4 is 5.32 Å². The maximum absolute atomic E-state index is 13.3. The number of carbonyl (C=O) groups is 3. The van der Waals surface area contributed by atoms with Crippen molar-refractivity contribution in [2.75, 3.05) is 12.4 Å². The quantitative estimate of drug-likeness (QED) is 0.202. The molecule has 0 bridgehead atoms. The molecule has 0 aliphatic carbocycles. The molecule has 0 radical (unpaired) electrons. The summed E-state index contributed by atoms with van der Waals surface area (Å²) in [6.07, 6.45) is 1.53. The summed E-state index contributed by atoms with van der Waals surface area (Å²) in [6.45, 7) is 13.2. The van der Waals surface area contributed by atoms with Gasteiger partial charge in [0.05, 0.1) is 5.92 Å². The SMILES string of the molecule is CCC(C)(OC(=O)C(C)OC)C(C)C(=O)OC(CC)(CC)C(C)/C=N/S(=O)(=O)c1nnc(NC(C)=O)s1. The molecule has 1 N–H and O–H groups in total. The average Bonchev–Trinajstić information content (AvgIpc) is 3.33. The van der Waals surface area contributed by atoms with Crippen LogP contribution in [-0.2, 0) is 38.6 Å². The van der Waals surface area contributed by atoms with Gasteiger partial charge in [-0.1, -0.05) is 39.0 Å². The zero-order chi connectivity index (χ0) is 28.6. The van der Waals surface area contributed by atoms with E-state index in [0.29, 0.717) is 30.6 Å². The Morgan fingerprint density at radius 1 is 1.05 bits per heavy atom. The second-order valence-electron chi connectivity index (χ2n) is 8.95. The normalized spacial score (nSPS) is 16.5. The highest BCUT2D eigenvalue weighted by molar-refractivity contribution is 7.92. The lowest BCUT2D eigenvalue weighted by Crippen LogP contribution is -2.48. The molecule has 210 valence electrons. The molecule has 0 aliphatic rings. The lowest BCUT2D eigenvalue weighted by Gasteiger charge is -2.39. The molecule has 0 fully saturated rings. The van der Waals surface area contributed by atoms with Crippen molar-refractivity contribution in [2.45, 2.75) is 96.3 Å². The highest BCUT2D eigenvalue weighted by Crippen LogP contribution is 2.34. The Kier molecular flexibility index (Phi) is 11.8. The number of amides is 1. The number of carbonyl (C=O) groups excluding carboxylic acids is 3. The van der Waals surface area contributed by atoms with E-state index < -0.39 is 57.0 Å². The largest absolute Gasteiger partial charge is 0.458 e. The topological polar surface area (TPSA) is 163 Å². The summed E-state index contributed by atoms with van der Waals surface area (Å²) < 4.78 is 45.3. The predicted octanol–water partition coefficient (Wildman–Crippen LogP) is 3.38. The highest BCUT2D eigenvalue weighted by atomic mass is 32.2. The van der Waals surface area contributed by atoms with Crippen LogP contribution in [0.25, 0.3) is 0 Å². The number of aromatic nitrogens is 2. The number of rotatable bonds is 14. The molecule has 4 atom stereocenters. The van der Waals surface area contributed by atoms with E-state index in [-0.39, 0.29) is 9.47 Å². The van der Waals surface area contributed by atoms with E-state index >= 15 is 0 Å². The monoisotopic (exact) mass is 562 g/mol. The molecule has 1 aromatic heterocycles. The molecule has 1 aromatic rings. The Balaban J connectivity index is 3.13. The van der Waals surface area contributed by atoms with Crippen molar-refractivity contribution in [1.29, 1.82) is 0 Å². The summed E-state index contributed by atoms with van der Waals surface area (Å²) in [6, 6.07) is 0. The number of anilines is 1. The lowest BCUT2D eigenvalue weighted by atomic mass is 9.83. The Labute approximate surface area is 222 Å². The van der Waals surface area contributed by atoms with E-state index in [1.54, 1.807) is 34.6 Å². The van der Waals surface area contributed by atoms with Crippen LogP contribution in [0.15, 0.2) is 8.74 Å². The van der Waals surface area contributed by atoms with Gasteiger partial charge in [0, 0.05) is 26.2 Å². The average molecular weight is 563 g/mol. The minimum Gasteiger partial charge on any atom is -0.458 e. The maximum Gasteiger partial charge on any atom is 0.335 e. The molecular formula is C23H38N4O8S2. The van der Waals surface area contributed by atoms with Gasteiger partial charge in [0.15, 0.2) is 6.10 Å². The summed E-state index contributed by atoms with van der Waals surface area (Å²) in [4.78, 5) is 36.7. The fourth-order valence-corrected chi connectivity index (χ4v) is 5.30. The van der Waals surface area contributed by atoms with Gasteiger partial charge in [-0.2, -0.15) is 12.8 Å². The molecule has 37 heavy (non-hydrogen) atoms. The molecule has 1 rings (SSSR count). The Bertz CT molecular complexity index is 1080. The molecule has 4 unspecified atom stereocenters. The fourth-order valence-electron chi connectivity index (χ4n) is 3.41. The highest BCUT2D eigenvalue weighted by Gasteiger charge is 2.44. The molecular weight excluding hydrogens is 524 g/mol. The Morgan fingerprint density at radius 2 is 1.65 bits per heavy atom. The Morgan fingerprint density at radius 3 is 2.14 bits per heavy atom. The number of nitrogens with zero attached hydrogens (tertiary/aromatic N) is 3. The first-order chi connectivity index (χ1) is 17.1. The van der Waals surface area contributed by atoms with Gasteiger partial charge in [0.25, 0.3) is 4.34 Å². The van der Waals surface area contributed by atoms with Gasteiger partial charge in [-0.05, 0) is 40.0 Å².